The fourth-order valence-electron chi connectivity index (χ4n) is 1.40. The van der Waals surface area contributed by atoms with Gasteiger partial charge in [-0.3, -0.25) is 0 Å². The van der Waals surface area contributed by atoms with E-state index < -0.39 is 5.97 Å². The van der Waals surface area contributed by atoms with E-state index in [1.807, 2.05) is 6.92 Å². The van der Waals surface area contributed by atoms with Gasteiger partial charge in [-0.15, -0.1) is 0 Å². The topological polar surface area (TPSA) is 57.5 Å². The third-order valence-corrected chi connectivity index (χ3v) is 2.07. The SMILES string of the molecule is C=C(C)Cc1c(O)cccc1/C=C/C(=O)O. The lowest BCUT2D eigenvalue weighted by molar-refractivity contribution is -0.131. The number of hydrogen-bond acceptors (Lipinski definition) is 2. The fraction of sp³-hybridized carbons (Fsp3) is 0.154. The summed E-state index contributed by atoms with van der Waals surface area (Å²) < 4.78 is 0. The van der Waals surface area contributed by atoms with Gasteiger partial charge in [-0.1, -0.05) is 24.3 Å². The first-order valence-corrected chi connectivity index (χ1v) is 4.87. The summed E-state index contributed by atoms with van der Waals surface area (Å²) in [5.41, 5.74) is 2.31. The number of aromatic hydroxyl groups is 1. The number of rotatable bonds is 4. The number of hydrogen-bond donors (Lipinski definition) is 2. The molecule has 2 N–H and O–H groups in total. The van der Waals surface area contributed by atoms with Crippen LogP contribution in [0.25, 0.3) is 6.08 Å². The molecule has 0 aliphatic rings. The molecule has 1 aromatic carbocycles. The molecule has 0 amide bonds. The Morgan fingerprint density at radius 2 is 2.19 bits per heavy atom. The van der Waals surface area contributed by atoms with Gasteiger partial charge in [0.1, 0.15) is 5.75 Å². The van der Waals surface area contributed by atoms with Crippen LogP contribution < -0.4 is 0 Å². The predicted molar refractivity (Wildman–Crippen MR) is 63.3 cm³/mol. The van der Waals surface area contributed by atoms with Gasteiger partial charge in [0, 0.05) is 11.6 Å². The summed E-state index contributed by atoms with van der Waals surface area (Å²) in [5.74, 6) is -0.847. The van der Waals surface area contributed by atoms with Crippen LogP contribution in [0.4, 0.5) is 0 Å². The normalized spacial score (nSPS) is 10.6. The van der Waals surface area contributed by atoms with Crippen molar-refractivity contribution in [3.05, 3.63) is 47.6 Å². The number of phenolic OH excluding ortho intramolecular Hbond substituents is 1. The van der Waals surface area contributed by atoms with E-state index in [0.29, 0.717) is 17.5 Å². The largest absolute Gasteiger partial charge is 0.508 e. The van der Waals surface area contributed by atoms with E-state index >= 15 is 0 Å². The lowest BCUT2D eigenvalue weighted by Crippen LogP contribution is -1.92. The Morgan fingerprint density at radius 1 is 1.50 bits per heavy atom. The number of phenols is 1. The van der Waals surface area contributed by atoms with Crippen molar-refractivity contribution in [3.63, 3.8) is 0 Å². The third kappa shape index (κ3) is 3.28. The molecule has 0 atom stereocenters. The van der Waals surface area contributed by atoms with Crippen LogP contribution in [-0.4, -0.2) is 16.2 Å². The van der Waals surface area contributed by atoms with E-state index in [9.17, 15) is 9.90 Å². The highest BCUT2D eigenvalue weighted by Crippen LogP contribution is 2.24. The average Bonchev–Trinajstić information content (AvgIpc) is 2.18. The molecule has 16 heavy (non-hydrogen) atoms. The molecular weight excluding hydrogens is 204 g/mol. The van der Waals surface area contributed by atoms with Gasteiger partial charge in [-0.05, 0) is 31.1 Å². The van der Waals surface area contributed by atoms with E-state index in [1.54, 1.807) is 18.2 Å². The van der Waals surface area contributed by atoms with Gasteiger partial charge >= 0.3 is 5.97 Å². The van der Waals surface area contributed by atoms with Crippen LogP contribution in [-0.2, 0) is 11.2 Å². The second-order valence-corrected chi connectivity index (χ2v) is 3.65. The fourth-order valence-corrected chi connectivity index (χ4v) is 1.40. The Hall–Kier alpha value is -2.03. The molecule has 0 aliphatic carbocycles. The second-order valence-electron chi connectivity index (χ2n) is 3.65. The molecule has 0 fully saturated rings. The number of allylic oxidation sites excluding steroid dienone is 1. The molecule has 1 rings (SSSR count). The van der Waals surface area contributed by atoms with Crippen molar-refractivity contribution in [1.82, 2.24) is 0 Å². The van der Waals surface area contributed by atoms with Gasteiger partial charge < -0.3 is 10.2 Å². The average molecular weight is 218 g/mol. The van der Waals surface area contributed by atoms with Crippen LogP contribution >= 0.6 is 0 Å². The quantitative estimate of drug-likeness (QED) is 0.603. The Balaban J connectivity index is 3.12. The number of carbonyl (C=O) groups is 1. The molecule has 0 radical (unpaired) electrons. The van der Waals surface area contributed by atoms with Crippen molar-refractivity contribution in [2.24, 2.45) is 0 Å². The maximum Gasteiger partial charge on any atom is 0.328 e. The zero-order valence-corrected chi connectivity index (χ0v) is 9.10. The molecule has 0 spiro atoms. The highest BCUT2D eigenvalue weighted by atomic mass is 16.4. The van der Waals surface area contributed by atoms with E-state index in [0.717, 1.165) is 11.6 Å². The lowest BCUT2D eigenvalue weighted by atomic mass is 10.00. The molecule has 0 saturated carbocycles. The minimum absolute atomic E-state index is 0.163. The molecule has 3 heteroatoms. The maximum atomic E-state index is 10.4. The summed E-state index contributed by atoms with van der Waals surface area (Å²) in [6.45, 7) is 5.63. The van der Waals surface area contributed by atoms with Crippen LogP contribution in [0.5, 0.6) is 5.75 Å². The predicted octanol–water partition coefficient (Wildman–Crippen LogP) is 2.61. The van der Waals surface area contributed by atoms with Crippen molar-refractivity contribution in [2.75, 3.05) is 0 Å². The van der Waals surface area contributed by atoms with E-state index in [1.165, 1.54) is 6.08 Å². The summed E-state index contributed by atoms with van der Waals surface area (Å²) in [6, 6.07) is 5.02. The first kappa shape index (κ1) is 12.0. The first-order chi connectivity index (χ1) is 7.50. The van der Waals surface area contributed by atoms with Gasteiger partial charge in [0.2, 0.25) is 0 Å². The van der Waals surface area contributed by atoms with Gasteiger partial charge in [-0.25, -0.2) is 4.79 Å². The Bertz CT molecular complexity index is 444. The molecular formula is C13H14O3. The van der Waals surface area contributed by atoms with Crippen molar-refractivity contribution in [3.8, 4) is 5.75 Å². The molecule has 0 heterocycles. The van der Waals surface area contributed by atoms with Crippen LogP contribution in [0.1, 0.15) is 18.1 Å². The van der Waals surface area contributed by atoms with Gasteiger partial charge in [0.15, 0.2) is 0 Å². The van der Waals surface area contributed by atoms with Crippen LogP contribution in [0.3, 0.4) is 0 Å². The molecule has 0 bridgehead atoms. The van der Waals surface area contributed by atoms with Crippen LogP contribution in [0, 0.1) is 0 Å². The third-order valence-electron chi connectivity index (χ3n) is 2.07. The molecule has 0 aromatic heterocycles. The summed E-state index contributed by atoms with van der Waals surface area (Å²) >= 11 is 0. The highest BCUT2D eigenvalue weighted by Gasteiger charge is 2.05. The van der Waals surface area contributed by atoms with Crippen molar-refractivity contribution < 1.29 is 15.0 Å². The minimum atomic E-state index is -1.01. The lowest BCUT2D eigenvalue weighted by Gasteiger charge is -2.08. The molecule has 0 aliphatic heterocycles. The molecule has 0 saturated heterocycles. The van der Waals surface area contributed by atoms with E-state index in [2.05, 4.69) is 6.58 Å². The smallest absolute Gasteiger partial charge is 0.328 e. The van der Waals surface area contributed by atoms with Gasteiger partial charge in [0.05, 0.1) is 0 Å². The molecule has 84 valence electrons. The second kappa shape index (κ2) is 5.16. The summed E-state index contributed by atoms with van der Waals surface area (Å²) in [5, 5.41) is 18.2. The monoisotopic (exact) mass is 218 g/mol. The van der Waals surface area contributed by atoms with Crippen molar-refractivity contribution in [2.45, 2.75) is 13.3 Å². The van der Waals surface area contributed by atoms with Gasteiger partial charge in [0.25, 0.3) is 0 Å². The number of aliphatic carboxylic acids is 1. The van der Waals surface area contributed by atoms with E-state index in [-0.39, 0.29) is 5.75 Å². The van der Waals surface area contributed by atoms with E-state index in [4.69, 9.17) is 5.11 Å². The summed E-state index contributed by atoms with van der Waals surface area (Å²) in [4.78, 5) is 10.4. The van der Waals surface area contributed by atoms with Crippen molar-refractivity contribution in [1.29, 1.82) is 0 Å². The number of carboxylic acids is 1. The minimum Gasteiger partial charge on any atom is -0.508 e. The molecule has 0 unspecified atom stereocenters. The molecule has 1 aromatic rings. The summed E-state index contributed by atoms with van der Waals surface area (Å²) in [7, 11) is 0. The first-order valence-electron chi connectivity index (χ1n) is 4.87. The zero-order valence-electron chi connectivity index (χ0n) is 9.10. The standard InChI is InChI=1S/C13H14O3/c1-9(2)8-11-10(6-7-13(15)16)4-3-5-12(11)14/h3-7,14H,1,8H2,2H3,(H,15,16)/b7-6+. The molecule has 3 nitrogen and oxygen atoms in total. The summed E-state index contributed by atoms with van der Waals surface area (Å²) in [6.07, 6.45) is 3.06. The Morgan fingerprint density at radius 3 is 2.75 bits per heavy atom. The highest BCUT2D eigenvalue weighted by molar-refractivity contribution is 5.85. The van der Waals surface area contributed by atoms with Gasteiger partial charge in [-0.2, -0.15) is 0 Å². The van der Waals surface area contributed by atoms with Crippen LogP contribution in [0.15, 0.2) is 36.4 Å². The number of carboxylic acid groups (broad SMARTS) is 1. The Kier molecular flexibility index (Phi) is 3.89. The Labute approximate surface area is 94.4 Å². The maximum absolute atomic E-state index is 10.4. The van der Waals surface area contributed by atoms with Crippen molar-refractivity contribution >= 4 is 12.0 Å². The zero-order chi connectivity index (χ0) is 12.1. The number of benzene rings is 1. The van der Waals surface area contributed by atoms with Crippen LogP contribution in [0.2, 0.25) is 0 Å².